The van der Waals surface area contributed by atoms with Crippen molar-refractivity contribution in [1.29, 1.82) is 0 Å². The van der Waals surface area contributed by atoms with Gasteiger partial charge in [0.05, 0.1) is 40.7 Å². The van der Waals surface area contributed by atoms with Gasteiger partial charge in [-0.25, -0.2) is 0 Å². The highest BCUT2D eigenvalue weighted by atomic mass is 16.6. The van der Waals surface area contributed by atoms with Gasteiger partial charge in [0.1, 0.15) is 18.2 Å². The fraction of sp³-hybridized carbons (Fsp3) is 0.720. The first-order valence-electron chi connectivity index (χ1n) is 34.7. The Morgan fingerprint density at radius 1 is 0.835 bits per heavy atom. The molecule has 10 nitrogen and oxygen atoms in total. The number of aldehydes is 1. The summed E-state index contributed by atoms with van der Waals surface area (Å²) in [4.78, 5) is 55.3. The summed E-state index contributed by atoms with van der Waals surface area (Å²) >= 11 is 0. The number of unbranched alkanes of at least 4 members (excludes halogenated alkanes) is 2. The minimum absolute atomic E-state index is 0.0785. The highest BCUT2D eigenvalue weighted by molar-refractivity contribution is 6.04. The van der Waals surface area contributed by atoms with E-state index >= 15 is 14.7 Å². The van der Waals surface area contributed by atoms with Crippen molar-refractivity contribution in [3.05, 3.63) is 93.1 Å². The largest absolute Gasteiger partial charge is 0.392 e. The Balaban J connectivity index is 0.949. The monoisotopic (exact) mass is 1160 g/mol. The van der Waals surface area contributed by atoms with Gasteiger partial charge in [-0.05, 0) is 207 Å². The standard InChI is InChI=1S/C75H101N3O7/c1-9-10-12-21-55-65(82)60-58-53(64(81)66-71(5,73(55,58)7)29-24-57-72(6,50-19-15-16-20-50)67(83)59-51-25-31-76-61(51)45-23-30-75(59,37-45)74(57,66)8)41-78-40-52(62-63(78)46(39-77-62)22-28-70(60,4)38-56(80)68-69(2,3)85-68)54(42-79)49-35-47(43-17-13-11-14-18-43)34-48(36-49)44-26-32-84-33-27-44/h25,31,34-36,39-40,42-45,50,53-57,59,64,66,68,76-77,80-81H,9-24,26-30,32-33,37-38,41H2,1-8H3. The molecule has 1 spiro atoms. The van der Waals surface area contributed by atoms with E-state index in [-0.39, 0.29) is 41.0 Å². The lowest BCUT2D eigenvalue weighted by Gasteiger charge is -2.76. The van der Waals surface area contributed by atoms with E-state index in [9.17, 15) is 9.90 Å². The molecule has 10 heteroatoms. The lowest BCUT2D eigenvalue weighted by atomic mass is 9.27. The molecule has 15 rings (SSSR count). The van der Waals surface area contributed by atoms with Crippen LogP contribution in [0.1, 0.15) is 265 Å². The normalized spacial score (nSPS) is 40.4. The summed E-state index contributed by atoms with van der Waals surface area (Å²) < 4.78 is 14.6. The molecule has 2 bridgehead atoms. The second-order valence-electron chi connectivity index (χ2n) is 32.3. The van der Waals surface area contributed by atoms with Crippen LogP contribution in [0.5, 0.6) is 0 Å². The van der Waals surface area contributed by atoms with Gasteiger partial charge < -0.3 is 39.0 Å². The minimum Gasteiger partial charge on any atom is -0.392 e. The van der Waals surface area contributed by atoms with Gasteiger partial charge in [0.25, 0.3) is 0 Å². The second kappa shape index (κ2) is 20.2. The summed E-state index contributed by atoms with van der Waals surface area (Å²) in [5.74, 6) is 0.552. The summed E-state index contributed by atoms with van der Waals surface area (Å²) in [6.45, 7) is 20.8. The fourth-order valence-electron chi connectivity index (χ4n) is 24.2. The molecule has 8 aliphatic carbocycles. The smallest absolute Gasteiger partial charge is 0.163 e. The molecule has 0 radical (unpaired) electrons. The zero-order valence-electron chi connectivity index (χ0n) is 52.9. The van der Waals surface area contributed by atoms with Crippen LogP contribution < -0.4 is 0 Å². The Morgan fingerprint density at radius 3 is 2.26 bits per heavy atom. The molecule has 1 aromatic carbocycles. The molecule has 3 aromatic heterocycles. The molecular formula is C75H101N3O7. The first-order valence-corrected chi connectivity index (χ1v) is 34.7. The molecular weight excluding hydrogens is 1050 g/mol. The number of aryl methyl sites for hydroxylation is 1. The zero-order valence-corrected chi connectivity index (χ0v) is 52.9. The minimum atomic E-state index is -0.848. The third kappa shape index (κ3) is 7.89. The van der Waals surface area contributed by atoms with Crippen LogP contribution in [0.4, 0.5) is 0 Å². The maximum atomic E-state index is 16.9. The second-order valence-corrected chi connectivity index (χ2v) is 32.3. The van der Waals surface area contributed by atoms with Crippen LogP contribution in [0.3, 0.4) is 0 Å². The van der Waals surface area contributed by atoms with E-state index in [2.05, 4.69) is 113 Å². The molecule has 11 aliphatic rings. The molecule has 16 unspecified atom stereocenters. The van der Waals surface area contributed by atoms with Gasteiger partial charge in [-0.2, -0.15) is 0 Å². The van der Waals surface area contributed by atoms with Crippen LogP contribution in [0.15, 0.2) is 54.0 Å². The van der Waals surface area contributed by atoms with E-state index in [0.717, 1.165) is 148 Å². The molecule has 8 fully saturated rings. The van der Waals surface area contributed by atoms with Crippen molar-refractivity contribution < 1.29 is 34.1 Å². The van der Waals surface area contributed by atoms with Crippen LogP contribution in [0.2, 0.25) is 0 Å². The van der Waals surface area contributed by atoms with Crippen molar-refractivity contribution in [3.8, 4) is 0 Å². The van der Waals surface area contributed by atoms with E-state index < -0.39 is 56.7 Å². The number of ether oxygens (including phenoxy) is 2. The fourth-order valence-corrected chi connectivity index (χ4v) is 24.2. The van der Waals surface area contributed by atoms with Gasteiger partial charge in [-0.15, -0.1) is 0 Å². The van der Waals surface area contributed by atoms with E-state index in [4.69, 9.17) is 9.47 Å². The Hall–Kier alpha value is -4.09. The third-order valence-electron chi connectivity index (χ3n) is 28.3. The van der Waals surface area contributed by atoms with Gasteiger partial charge in [-0.3, -0.25) is 9.59 Å². The van der Waals surface area contributed by atoms with Crippen molar-refractivity contribution in [2.24, 2.45) is 62.1 Å². The number of epoxide rings is 1. The van der Waals surface area contributed by atoms with Crippen molar-refractivity contribution >= 4 is 28.9 Å². The summed E-state index contributed by atoms with van der Waals surface area (Å²) in [5.41, 5.74) is 8.79. The van der Waals surface area contributed by atoms with Crippen molar-refractivity contribution in [2.45, 2.75) is 263 Å². The predicted octanol–water partition coefficient (Wildman–Crippen LogP) is 15.4. The van der Waals surface area contributed by atoms with Crippen LogP contribution in [-0.4, -0.2) is 79.7 Å². The number of aliphatic hydroxyl groups excluding tert-OH is 2. The lowest BCUT2D eigenvalue weighted by molar-refractivity contribution is -0.275. The van der Waals surface area contributed by atoms with Crippen molar-refractivity contribution in [1.82, 2.24) is 14.5 Å². The van der Waals surface area contributed by atoms with E-state index in [0.29, 0.717) is 55.3 Å². The van der Waals surface area contributed by atoms with Crippen molar-refractivity contribution in [2.75, 3.05) is 13.2 Å². The zero-order chi connectivity index (χ0) is 59.0. The third-order valence-corrected chi connectivity index (χ3v) is 28.3. The van der Waals surface area contributed by atoms with E-state index in [1.54, 1.807) is 0 Å². The number of Topliss-reactive ketones (excluding diaryl/α,β-unsaturated/α-hetero) is 2. The number of carbonyl (C=O) groups is 3. The van der Waals surface area contributed by atoms with Crippen LogP contribution >= 0.6 is 0 Å². The lowest BCUT2D eigenvalue weighted by Crippen LogP contribution is -2.75. The Bertz CT molecular complexity index is 3300. The molecule has 16 atom stereocenters. The topological polar surface area (TPSA) is 150 Å². The summed E-state index contributed by atoms with van der Waals surface area (Å²) in [5, 5.41) is 27.6. The Kier molecular flexibility index (Phi) is 13.6. The first-order chi connectivity index (χ1) is 40.8. The summed E-state index contributed by atoms with van der Waals surface area (Å²) in [7, 11) is 0. The van der Waals surface area contributed by atoms with Gasteiger partial charge in [0, 0.05) is 77.8 Å². The van der Waals surface area contributed by atoms with Crippen molar-refractivity contribution in [3.63, 3.8) is 0 Å². The Morgan fingerprint density at radius 2 is 1.55 bits per heavy atom. The number of hydrogen-bond acceptors (Lipinski definition) is 7. The number of allylic oxidation sites excluding steroid dienone is 1. The number of aromatic nitrogens is 3. The number of benzene rings is 1. The molecule has 3 aliphatic heterocycles. The highest BCUT2D eigenvalue weighted by Crippen LogP contribution is 2.85. The Labute approximate surface area is 506 Å². The maximum Gasteiger partial charge on any atom is 0.163 e. The molecule has 458 valence electrons. The SMILES string of the molecule is CCCCCC1C(=O)C2=C3C(Cn4cc(C(C=O)c5cc(C6CCCCC6)cc(C6CCOCC6)c5)c5[nH]cc(c54)CCC2(C)CC(O)C2OC2(C)C)C(O)C2C(C)(CCC4C(C)(C5CCCC5)C(=O)C5c6cc[nH]c6C6CCC5(C6)C42C)C31C. The number of ketones is 2. The maximum absolute atomic E-state index is 16.9. The van der Waals surface area contributed by atoms with E-state index in [1.807, 2.05) is 0 Å². The number of aliphatic hydroxyl groups is 2. The van der Waals surface area contributed by atoms with Gasteiger partial charge in [-0.1, -0.05) is 111 Å². The summed E-state index contributed by atoms with van der Waals surface area (Å²) in [6, 6.07) is 9.50. The molecule has 6 saturated carbocycles. The van der Waals surface area contributed by atoms with Crippen LogP contribution in [0.25, 0.3) is 11.0 Å². The average Bonchev–Trinajstić information content (AvgIpc) is 1.65. The first kappa shape index (κ1) is 57.4. The molecule has 2 saturated heterocycles. The van der Waals surface area contributed by atoms with Gasteiger partial charge in [0.2, 0.25) is 0 Å². The predicted molar refractivity (Wildman–Crippen MR) is 333 cm³/mol. The number of fused-ring (bicyclic) bond motifs is 8. The van der Waals surface area contributed by atoms with Crippen LogP contribution in [0, 0.1) is 62.1 Å². The number of rotatable bonds is 13. The highest BCUT2D eigenvalue weighted by Gasteiger charge is 2.82. The number of hydrogen-bond donors (Lipinski definition) is 4. The number of aromatic amines is 2. The number of carbonyl (C=O) groups excluding carboxylic acids is 3. The molecule has 6 heterocycles. The quantitative estimate of drug-likeness (QED) is 0.0591. The molecule has 4 N–H and O–H groups in total. The summed E-state index contributed by atoms with van der Waals surface area (Å²) in [6.07, 6.45) is 28.6. The number of nitrogens with zero attached hydrogens (tertiary/aromatic N) is 1. The van der Waals surface area contributed by atoms with Gasteiger partial charge in [0.15, 0.2) is 5.78 Å². The average molecular weight is 1160 g/mol. The number of H-pyrrole nitrogens is 2. The van der Waals surface area contributed by atoms with Gasteiger partial charge >= 0.3 is 0 Å². The molecule has 85 heavy (non-hydrogen) atoms. The molecule has 0 amide bonds. The van der Waals surface area contributed by atoms with Crippen LogP contribution in [-0.2, 0) is 36.8 Å². The number of nitrogens with one attached hydrogen (secondary N) is 2. The molecule has 4 aromatic rings. The van der Waals surface area contributed by atoms with E-state index in [1.165, 1.54) is 60.8 Å².